The van der Waals surface area contributed by atoms with Crippen molar-refractivity contribution in [2.75, 3.05) is 0 Å². The van der Waals surface area contributed by atoms with Gasteiger partial charge in [0.25, 0.3) is 16.8 Å². The molecule has 0 fully saturated rings. The fraction of sp³-hybridized carbons (Fsp3) is 0.107. The minimum absolute atomic E-state index is 0.122. The summed E-state index contributed by atoms with van der Waals surface area (Å²) >= 11 is 0. The Balaban J connectivity index is 1.74. The average molecular weight is 510 g/mol. The number of hydrogen-bond acceptors (Lipinski definition) is 5. The number of rotatable bonds is 7. The van der Waals surface area contributed by atoms with E-state index in [2.05, 4.69) is 10.2 Å². The van der Waals surface area contributed by atoms with Crippen LogP contribution in [0.4, 0.5) is 5.69 Å². The topological polar surface area (TPSA) is 136 Å². The van der Waals surface area contributed by atoms with Crippen LogP contribution in [0.1, 0.15) is 38.8 Å². The number of benzene rings is 3. The number of H-pyrrole nitrogens is 2. The molecule has 0 radical (unpaired) electrons. The van der Waals surface area contributed by atoms with Gasteiger partial charge in [-0.3, -0.25) is 34.7 Å². The van der Waals surface area contributed by atoms with Crippen molar-refractivity contribution in [3.8, 4) is 11.4 Å². The molecule has 190 valence electrons. The maximum atomic E-state index is 14.0. The van der Waals surface area contributed by atoms with Gasteiger partial charge in [-0.1, -0.05) is 36.4 Å². The molecule has 2 N–H and O–H groups in total. The molecule has 0 saturated heterocycles. The molecule has 0 aliphatic carbocycles. The van der Waals surface area contributed by atoms with Crippen molar-refractivity contribution in [1.82, 2.24) is 19.6 Å². The summed E-state index contributed by atoms with van der Waals surface area (Å²) in [5.74, 6) is -1.79. The van der Waals surface area contributed by atoms with Crippen LogP contribution in [-0.4, -0.2) is 30.3 Å². The minimum atomic E-state index is -1.26. The molecule has 0 saturated carbocycles. The van der Waals surface area contributed by atoms with Crippen LogP contribution < -0.4 is 11.1 Å². The van der Waals surface area contributed by atoms with E-state index in [-0.39, 0.29) is 22.4 Å². The Labute approximate surface area is 215 Å². The molecule has 3 aromatic carbocycles. The molecule has 0 bridgehead atoms. The van der Waals surface area contributed by atoms with Crippen molar-refractivity contribution in [2.45, 2.75) is 19.8 Å². The number of Topliss-reactive ketones (excluding diaryl/α,β-unsaturated/α-hetero) is 1. The normalized spacial score (nSPS) is 11.1. The van der Waals surface area contributed by atoms with Crippen LogP contribution in [0.15, 0.2) is 94.5 Å². The fourth-order valence-corrected chi connectivity index (χ4v) is 4.64. The quantitative estimate of drug-likeness (QED) is 0.193. The van der Waals surface area contributed by atoms with Crippen LogP contribution in [0.5, 0.6) is 0 Å². The van der Waals surface area contributed by atoms with Gasteiger partial charge >= 0.3 is 0 Å². The number of aromatic nitrogens is 4. The van der Waals surface area contributed by atoms with Crippen molar-refractivity contribution in [3.63, 3.8) is 0 Å². The van der Waals surface area contributed by atoms with Crippen molar-refractivity contribution in [3.05, 3.63) is 144 Å². The van der Waals surface area contributed by atoms with Gasteiger partial charge in [0.1, 0.15) is 0 Å². The van der Waals surface area contributed by atoms with Gasteiger partial charge in [0.05, 0.1) is 33.3 Å². The monoisotopic (exact) mass is 509 g/mol. The summed E-state index contributed by atoms with van der Waals surface area (Å²) in [4.78, 5) is 52.1. The molecule has 38 heavy (non-hydrogen) atoms. The van der Waals surface area contributed by atoms with E-state index in [1.165, 1.54) is 33.6 Å². The average Bonchev–Trinajstić information content (AvgIpc) is 3.40. The third-order valence-electron chi connectivity index (χ3n) is 6.46. The summed E-state index contributed by atoms with van der Waals surface area (Å²) in [6, 6.07) is 22.9. The Morgan fingerprint density at radius 2 is 1.16 bits per heavy atom. The summed E-state index contributed by atoms with van der Waals surface area (Å²) in [6.07, 6.45) is 0. The molecule has 0 amide bonds. The number of carbonyl (C=O) groups is 1. The van der Waals surface area contributed by atoms with Crippen LogP contribution in [0.2, 0.25) is 0 Å². The van der Waals surface area contributed by atoms with E-state index >= 15 is 0 Å². The molecule has 10 nitrogen and oxygen atoms in total. The number of aryl methyl sites for hydroxylation is 2. The highest BCUT2D eigenvalue weighted by molar-refractivity contribution is 6.03. The summed E-state index contributed by atoms with van der Waals surface area (Å²) in [6.45, 7) is 3.34. The van der Waals surface area contributed by atoms with Gasteiger partial charge in [-0.2, -0.15) is 0 Å². The van der Waals surface area contributed by atoms with Gasteiger partial charge in [-0.05, 0) is 50.2 Å². The van der Waals surface area contributed by atoms with Crippen LogP contribution in [0.25, 0.3) is 11.4 Å². The SMILES string of the molecule is Cc1[nH]n(-c2ccccc2)c(=O)c1C(C(=O)c1ccc([N+](=O)[O-])cc1)c1c(C)[nH]n(-c2ccccc2)c1=O. The van der Waals surface area contributed by atoms with E-state index in [4.69, 9.17) is 0 Å². The predicted molar refractivity (Wildman–Crippen MR) is 142 cm³/mol. The molecule has 5 rings (SSSR count). The Hall–Kier alpha value is -5.25. The van der Waals surface area contributed by atoms with E-state index in [9.17, 15) is 24.5 Å². The number of aromatic amines is 2. The standard InChI is InChI=1S/C28H23N5O5/c1-17-23(27(35)31(29-17)20-9-5-3-6-10-20)25(26(34)19-13-15-22(16-14-19)33(37)38)24-18(2)30-32(28(24)36)21-11-7-4-8-12-21/h3-16,25,29-30H,1-2H3. The van der Waals surface area contributed by atoms with E-state index in [0.29, 0.717) is 22.8 Å². The van der Waals surface area contributed by atoms with Crippen LogP contribution in [0, 0.1) is 24.0 Å². The second kappa shape index (κ2) is 9.66. The highest BCUT2D eigenvalue weighted by atomic mass is 16.6. The van der Waals surface area contributed by atoms with Gasteiger partial charge < -0.3 is 0 Å². The molecule has 5 aromatic rings. The molecule has 0 aliphatic heterocycles. The lowest BCUT2D eigenvalue weighted by Crippen LogP contribution is -2.29. The Kier molecular flexibility index (Phi) is 6.21. The highest BCUT2D eigenvalue weighted by Crippen LogP contribution is 2.30. The van der Waals surface area contributed by atoms with Gasteiger partial charge in [-0.15, -0.1) is 0 Å². The summed E-state index contributed by atoms with van der Waals surface area (Å²) in [5, 5.41) is 17.2. The minimum Gasteiger partial charge on any atom is -0.295 e. The summed E-state index contributed by atoms with van der Waals surface area (Å²) in [5.41, 5.74) is 1.25. The molecule has 0 atom stereocenters. The molecule has 2 heterocycles. The van der Waals surface area contributed by atoms with Gasteiger partial charge in [-0.25, -0.2) is 9.36 Å². The number of nitrogens with one attached hydrogen (secondary N) is 2. The Bertz CT molecular complexity index is 1660. The number of para-hydroxylation sites is 2. The van der Waals surface area contributed by atoms with E-state index in [0.717, 1.165) is 0 Å². The molecule has 10 heteroatoms. The number of carbonyl (C=O) groups excluding carboxylic acids is 1. The lowest BCUT2D eigenvalue weighted by atomic mass is 9.85. The van der Waals surface area contributed by atoms with Gasteiger partial charge in [0.2, 0.25) is 0 Å². The lowest BCUT2D eigenvalue weighted by molar-refractivity contribution is -0.384. The van der Waals surface area contributed by atoms with Crippen LogP contribution >= 0.6 is 0 Å². The number of ketones is 1. The number of nitro benzene ring substituents is 1. The molecule has 2 aromatic heterocycles. The fourth-order valence-electron chi connectivity index (χ4n) is 4.64. The first-order valence-corrected chi connectivity index (χ1v) is 11.8. The first-order chi connectivity index (χ1) is 18.3. The van der Waals surface area contributed by atoms with Crippen molar-refractivity contribution >= 4 is 11.5 Å². The molecular weight excluding hydrogens is 486 g/mol. The smallest absolute Gasteiger partial charge is 0.275 e. The Morgan fingerprint density at radius 3 is 1.55 bits per heavy atom. The molecule has 0 unspecified atom stereocenters. The van der Waals surface area contributed by atoms with E-state index in [1.54, 1.807) is 62.4 Å². The zero-order valence-corrected chi connectivity index (χ0v) is 20.5. The maximum absolute atomic E-state index is 14.0. The number of non-ortho nitro benzene ring substituents is 1. The number of nitro groups is 1. The molecule has 0 spiro atoms. The van der Waals surface area contributed by atoms with Crippen molar-refractivity contribution in [2.24, 2.45) is 0 Å². The van der Waals surface area contributed by atoms with Gasteiger partial charge in [0, 0.05) is 29.1 Å². The second-order valence-corrected chi connectivity index (χ2v) is 8.85. The highest BCUT2D eigenvalue weighted by Gasteiger charge is 2.35. The lowest BCUT2D eigenvalue weighted by Gasteiger charge is -2.14. The zero-order valence-electron chi connectivity index (χ0n) is 20.5. The largest absolute Gasteiger partial charge is 0.295 e. The van der Waals surface area contributed by atoms with Crippen LogP contribution in [-0.2, 0) is 0 Å². The third kappa shape index (κ3) is 4.17. The first-order valence-electron chi connectivity index (χ1n) is 11.8. The number of hydrogen-bond donors (Lipinski definition) is 2. The van der Waals surface area contributed by atoms with Gasteiger partial charge in [0.15, 0.2) is 5.78 Å². The predicted octanol–water partition coefficient (Wildman–Crippen LogP) is 4.18. The summed E-state index contributed by atoms with van der Waals surface area (Å²) < 4.78 is 2.66. The Morgan fingerprint density at radius 1 is 0.737 bits per heavy atom. The van der Waals surface area contributed by atoms with Crippen molar-refractivity contribution < 1.29 is 9.72 Å². The van der Waals surface area contributed by atoms with Crippen molar-refractivity contribution in [1.29, 1.82) is 0 Å². The summed E-state index contributed by atoms with van der Waals surface area (Å²) in [7, 11) is 0. The number of nitrogens with zero attached hydrogens (tertiary/aromatic N) is 3. The van der Waals surface area contributed by atoms with E-state index < -0.39 is 27.7 Å². The second-order valence-electron chi connectivity index (χ2n) is 8.85. The molecular formula is C28H23N5O5. The van der Waals surface area contributed by atoms with E-state index in [1.807, 2.05) is 12.1 Å². The van der Waals surface area contributed by atoms with Crippen LogP contribution in [0.3, 0.4) is 0 Å². The zero-order chi connectivity index (χ0) is 27.0. The third-order valence-corrected chi connectivity index (χ3v) is 6.46. The first kappa shape index (κ1) is 24.4. The maximum Gasteiger partial charge on any atom is 0.275 e. The molecule has 0 aliphatic rings.